The van der Waals surface area contributed by atoms with E-state index in [1.165, 1.54) is 18.2 Å². The first-order chi connectivity index (χ1) is 9.72. The highest BCUT2D eigenvalue weighted by Gasteiger charge is 2.23. The van der Waals surface area contributed by atoms with E-state index in [4.69, 9.17) is 17.3 Å². The van der Waals surface area contributed by atoms with Gasteiger partial charge in [-0.25, -0.2) is 17.2 Å². The molecule has 2 rings (SSSR count). The average molecular weight is 397 g/mol. The zero-order valence-corrected chi connectivity index (χ0v) is 13.6. The fourth-order valence-corrected chi connectivity index (χ4v) is 3.82. The van der Waals surface area contributed by atoms with E-state index in [0.717, 1.165) is 12.1 Å². The number of sulfone groups is 1. The van der Waals surface area contributed by atoms with Crippen molar-refractivity contribution in [2.75, 3.05) is 5.73 Å². The fourth-order valence-electron chi connectivity index (χ4n) is 1.77. The van der Waals surface area contributed by atoms with Crippen molar-refractivity contribution in [3.05, 3.63) is 57.0 Å². The van der Waals surface area contributed by atoms with Gasteiger partial charge in [0.1, 0.15) is 11.6 Å². The van der Waals surface area contributed by atoms with Crippen molar-refractivity contribution >= 4 is 43.1 Å². The van der Waals surface area contributed by atoms with Gasteiger partial charge in [-0.3, -0.25) is 0 Å². The maximum atomic E-state index is 13.9. The summed E-state index contributed by atoms with van der Waals surface area (Å²) in [6, 6.07) is 5.97. The highest BCUT2D eigenvalue weighted by molar-refractivity contribution is 9.10. The van der Waals surface area contributed by atoms with Gasteiger partial charge in [-0.15, -0.1) is 0 Å². The molecule has 8 heteroatoms. The van der Waals surface area contributed by atoms with Crippen molar-refractivity contribution < 1.29 is 17.2 Å². The van der Waals surface area contributed by atoms with Crippen LogP contribution in [0.2, 0.25) is 5.02 Å². The number of anilines is 1. The van der Waals surface area contributed by atoms with Gasteiger partial charge in [0.2, 0.25) is 0 Å². The first-order valence-corrected chi connectivity index (χ1v) is 8.45. The van der Waals surface area contributed by atoms with Gasteiger partial charge < -0.3 is 5.73 Å². The SMILES string of the molecule is Nc1cc(Cl)ccc1S(=O)(=O)Cc1c(F)ccc(Br)c1F. The molecular formula is C13H9BrClF2NO2S. The molecule has 0 aliphatic heterocycles. The molecule has 0 aliphatic rings. The third-order valence-corrected chi connectivity index (χ3v) is 5.34. The number of rotatable bonds is 3. The Kier molecular flexibility index (Phi) is 4.55. The summed E-state index contributed by atoms with van der Waals surface area (Å²) in [5.74, 6) is -2.73. The Bertz CT molecular complexity index is 812. The van der Waals surface area contributed by atoms with Crippen LogP contribution in [0.1, 0.15) is 5.56 Å². The van der Waals surface area contributed by atoms with Crippen molar-refractivity contribution in [1.82, 2.24) is 0 Å². The van der Waals surface area contributed by atoms with Crippen LogP contribution in [0.3, 0.4) is 0 Å². The number of benzene rings is 2. The number of halogens is 4. The predicted octanol–water partition coefficient (Wildman–Crippen LogP) is 3.94. The molecule has 2 aromatic carbocycles. The highest BCUT2D eigenvalue weighted by atomic mass is 79.9. The van der Waals surface area contributed by atoms with Crippen LogP contribution in [0.5, 0.6) is 0 Å². The molecule has 0 fully saturated rings. The first-order valence-electron chi connectivity index (χ1n) is 5.62. The number of hydrogen-bond donors (Lipinski definition) is 1. The Morgan fingerprint density at radius 1 is 1.19 bits per heavy atom. The molecule has 0 unspecified atom stereocenters. The Labute approximate surface area is 133 Å². The standard InChI is InChI=1S/C13H9BrClF2NO2S/c14-9-2-3-10(16)8(13(9)17)6-21(19,20)12-4-1-7(15)5-11(12)18/h1-5H,6,18H2. The van der Waals surface area contributed by atoms with Gasteiger partial charge >= 0.3 is 0 Å². The van der Waals surface area contributed by atoms with E-state index in [0.29, 0.717) is 0 Å². The van der Waals surface area contributed by atoms with Crippen molar-refractivity contribution in [2.24, 2.45) is 0 Å². The zero-order chi connectivity index (χ0) is 15.8. The molecule has 0 heterocycles. The Hall–Kier alpha value is -1.18. The lowest BCUT2D eigenvalue weighted by Gasteiger charge is -2.10. The number of hydrogen-bond acceptors (Lipinski definition) is 3. The Morgan fingerprint density at radius 2 is 1.86 bits per heavy atom. The molecule has 0 atom stereocenters. The lowest BCUT2D eigenvalue weighted by Crippen LogP contribution is -2.10. The van der Waals surface area contributed by atoms with Crippen molar-refractivity contribution in [3.63, 3.8) is 0 Å². The Morgan fingerprint density at radius 3 is 2.48 bits per heavy atom. The molecular weight excluding hydrogens is 388 g/mol. The van der Waals surface area contributed by atoms with Crippen LogP contribution in [0.4, 0.5) is 14.5 Å². The minimum atomic E-state index is -4.01. The normalized spacial score (nSPS) is 11.6. The summed E-state index contributed by atoms with van der Waals surface area (Å²) < 4.78 is 52.1. The molecule has 2 N–H and O–H groups in total. The van der Waals surface area contributed by atoms with Gasteiger partial charge in [-0.05, 0) is 46.3 Å². The van der Waals surface area contributed by atoms with Crippen LogP contribution < -0.4 is 5.73 Å². The molecule has 3 nitrogen and oxygen atoms in total. The van der Waals surface area contributed by atoms with Gasteiger partial charge in [0.15, 0.2) is 9.84 Å². The van der Waals surface area contributed by atoms with E-state index in [1.807, 2.05) is 0 Å². The lowest BCUT2D eigenvalue weighted by atomic mass is 10.2. The summed E-state index contributed by atoms with van der Waals surface area (Å²) in [5, 5.41) is 0.270. The molecule has 112 valence electrons. The van der Waals surface area contributed by atoms with Gasteiger partial charge in [-0.1, -0.05) is 11.6 Å². The molecule has 0 amide bonds. The summed E-state index contributed by atoms with van der Waals surface area (Å²) in [4.78, 5) is -0.217. The summed E-state index contributed by atoms with van der Waals surface area (Å²) in [5.41, 5.74) is 4.99. The average Bonchev–Trinajstić information content (AvgIpc) is 2.39. The smallest absolute Gasteiger partial charge is 0.184 e. The van der Waals surface area contributed by atoms with E-state index < -0.39 is 32.8 Å². The second-order valence-electron chi connectivity index (χ2n) is 4.26. The Balaban J connectivity index is 2.50. The second kappa shape index (κ2) is 5.90. The summed E-state index contributed by atoms with van der Waals surface area (Å²) in [7, 11) is -4.01. The fraction of sp³-hybridized carbons (Fsp3) is 0.0769. The largest absolute Gasteiger partial charge is 0.398 e. The third-order valence-electron chi connectivity index (χ3n) is 2.78. The highest BCUT2D eigenvalue weighted by Crippen LogP contribution is 2.29. The van der Waals surface area contributed by atoms with Crippen molar-refractivity contribution in [3.8, 4) is 0 Å². The van der Waals surface area contributed by atoms with E-state index in [9.17, 15) is 17.2 Å². The molecule has 0 bridgehead atoms. The quantitative estimate of drug-likeness (QED) is 0.631. The van der Waals surface area contributed by atoms with Gasteiger partial charge in [0, 0.05) is 10.6 Å². The zero-order valence-electron chi connectivity index (χ0n) is 10.4. The van der Waals surface area contributed by atoms with E-state index >= 15 is 0 Å². The topological polar surface area (TPSA) is 60.2 Å². The van der Waals surface area contributed by atoms with Crippen LogP contribution in [0.15, 0.2) is 39.7 Å². The summed E-state index contributed by atoms with van der Waals surface area (Å²) in [6.07, 6.45) is 0. The van der Waals surface area contributed by atoms with Gasteiger partial charge in [0.05, 0.1) is 20.8 Å². The lowest BCUT2D eigenvalue weighted by molar-refractivity contribution is 0.552. The number of nitrogens with two attached hydrogens (primary N) is 1. The molecule has 2 aromatic rings. The molecule has 21 heavy (non-hydrogen) atoms. The maximum Gasteiger partial charge on any atom is 0.184 e. The molecule has 0 saturated carbocycles. The minimum absolute atomic E-state index is 0.0156. The van der Waals surface area contributed by atoms with Crippen molar-refractivity contribution in [2.45, 2.75) is 10.6 Å². The minimum Gasteiger partial charge on any atom is -0.398 e. The van der Waals surface area contributed by atoms with Crippen LogP contribution in [-0.4, -0.2) is 8.42 Å². The molecule has 0 aromatic heterocycles. The third kappa shape index (κ3) is 3.36. The molecule has 0 saturated heterocycles. The summed E-state index contributed by atoms with van der Waals surface area (Å²) in [6.45, 7) is 0. The van der Waals surface area contributed by atoms with Gasteiger partial charge in [-0.2, -0.15) is 0 Å². The summed E-state index contributed by atoms with van der Waals surface area (Å²) >= 11 is 8.59. The van der Waals surface area contributed by atoms with E-state index in [2.05, 4.69) is 15.9 Å². The molecule has 0 aliphatic carbocycles. The maximum absolute atomic E-state index is 13.9. The first kappa shape index (κ1) is 16.2. The van der Waals surface area contributed by atoms with E-state index in [1.54, 1.807) is 0 Å². The van der Waals surface area contributed by atoms with Crippen LogP contribution in [0.25, 0.3) is 0 Å². The molecule has 0 radical (unpaired) electrons. The monoisotopic (exact) mass is 395 g/mol. The van der Waals surface area contributed by atoms with Crippen LogP contribution >= 0.6 is 27.5 Å². The van der Waals surface area contributed by atoms with Crippen molar-refractivity contribution in [1.29, 1.82) is 0 Å². The number of nitrogen functional groups attached to an aromatic ring is 1. The van der Waals surface area contributed by atoms with Crippen LogP contribution in [-0.2, 0) is 15.6 Å². The predicted molar refractivity (Wildman–Crippen MR) is 80.8 cm³/mol. The van der Waals surface area contributed by atoms with Crippen LogP contribution in [0, 0.1) is 11.6 Å². The second-order valence-corrected chi connectivity index (χ2v) is 7.51. The van der Waals surface area contributed by atoms with Gasteiger partial charge in [0.25, 0.3) is 0 Å². The molecule has 0 spiro atoms. The van der Waals surface area contributed by atoms with E-state index in [-0.39, 0.29) is 20.1 Å².